The minimum atomic E-state index is -4.62. The molecule has 404 valence electrons. The van der Waals surface area contributed by atoms with E-state index in [1.165, 1.54) is 0 Å². The van der Waals surface area contributed by atoms with Crippen LogP contribution >= 0.6 is 0 Å². The summed E-state index contributed by atoms with van der Waals surface area (Å²) < 4.78 is 65.6. The van der Waals surface area contributed by atoms with Gasteiger partial charge in [-0.1, -0.05) is 19.9 Å². The van der Waals surface area contributed by atoms with E-state index in [1.807, 2.05) is 39.2 Å². The lowest BCUT2D eigenvalue weighted by atomic mass is 9.73. The highest BCUT2D eigenvalue weighted by atomic mass is 19.4. The molecule has 0 bridgehead atoms. The lowest BCUT2D eigenvalue weighted by Crippen LogP contribution is -2.53. The zero-order chi connectivity index (χ0) is 51.7. The second kappa shape index (κ2) is 25.0. The third-order valence-corrected chi connectivity index (χ3v) is 16.9. The van der Waals surface area contributed by atoms with Crippen molar-refractivity contribution < 1.29 is 51.3 Å². The first-order chi connectivity index (χ1) is 35.1. The van der Waals surface area contributed by atoms with Gasteiger partial charge in [0.05, 0.1) is 60.2 Å². The number of aromatic nitrogens is 2. The number of rotatable bonds is 19. The average Bonchev–Trinajstić information content (AvgIpc) is 4.01. The van der Waals surface area contributed by atoms with Crippen molar-refractivity contribution in [1.82, 2.24) is 41.0 Å². The fourth-order valence-corrected chi connectivity index (χ4v) is 12.6. The van der Waals surface area contributed by atoms with Gasteiger partial charge in [-0.15, -0.1) is 0 Å². The first-order valence-electron chi connectivity index (χ1n) is 27.0. The van der Waals surface area contributed by atoms with Crippen molar-refractivity contribution in [2.45, 2.75) is 171 Å². The van der Waals surface area contributed by atoms with Crippen LogP contribution in [0.2, 0.25) is 0 Å². The molecule has 4 amide bonds. The lowest BCUT2D eigenvalue weighted by molar-refractivity contribution is -0.147. The van der Waals surface area contributed by atoms with Crippen molar-refractivity contribution in [3.05, 3.63) is 59.2 Å². The molecule has 0 unspecified atom stereocenters. The molecule has 0 radical (unpaired) electrons. The van der Waals surface area contributed by atoms with Gasteiger partial charge in [-0.25, -0.2) is 0 Å². The molecule has 0 aromatic carbocycles. The summed E-state index contributed by atoms with van der Waals surface area (Å²) in [6, 6.07) is 4.34. The highest BCUT2D eigenvalue weighted by Crippen LogP contribution is 2.47. The van der Waals surface area contributed by atoms with Gasteiger partial charge in [0.2, 0.25) is 23.6 Å². The maximum atomic E-state index is 14.8. The molecule has 2 saturated heterocycles. The van der Waals surface area contributed by atoms with Gasteiger partial charge in [-0.2, -0.15) is 13.2 Å². The van der Waals surface area contributed by atoms with Crippen LogP contribution in [-0.2, 0) is 50.8 Å². The van der Waals surface area contributed by atoms with E-state index in [0.29, 0.717) is 90.0 Å². The lowest BCUT2D eigenvalue weighted by Gasteiger charge is -2.42. The van der Waals surface area contributed by atoms with Crippen LogP contribution < -0.4 is 21.3 Å². The Labute approximate surface area is 428 Å². The van der Waals surface area contributed by atoms with Gasteiger partial charge in [-0.3, -0.25) is 34.0 Å². The summed E-state index contributed by atoms with van der Waals surface area (Å²) in [5.41, 5.74) is 0.0641. The number of hydrogen-bond acceptors (Lipinski definition) is 12. The minimum Gasteiger partial charge on any atom is -0.379 e. The van der Waals surface area contributed by atoms with E-state index in [2.05, 4.69) is 36.1 Å². The molecule has 5 fully saturated rings. The predicted molar refractivity (Wildman–Crippen MR) is 265 cm³/mol. The van der Waals surface area contributed by atoms with Crippen LogP contribution in [0.25, 0.3) is 0 Å². The van der Waals surface area contributed by atoms with E-state index in [4.69, 9.17) is 18.9 Å². The van der Waals surface area contributed by atoms with Gasteiger partial charge in [0.25, 0.3) is 0 Å². The van der Waals surface area contributed by atoms with Gasteiger partial charge < -0.3 is 45.1 Å². The van der Waals surface area contributed by atoms with Crippen LogP contribution in [-0.4, -0.2) is 140 Å². The van der Waals surface area contributed by atoms with Crippen LogP contribution in [0.4, 0.5) is 13.2 Å². The third kappa shape index (κ3) is 13.8. The third-order valence-electron chi connectivity index (χ3n) is 16.9. The summed E-state index contributed by atoms with van der Waals surface area (Å²) in [6.07, 6.45) is 10.3. The fraction of sp³-hybridized carbons (Fsp3) is 0.741. The van der Waals surface area contributed by atoms with E-state index in [-0.39, 0.29) is 103 Å². The van der Waals surface area contributed by atoms with E-state index < -0.39 is 23.2 Å². The number of fused-ring (bicyclic) bond motifs is 1. The summed E-state index contributed by atoms with van der Waals surface area (Å²) in [5, 5.41) is 13.1. The molecule has 3 aliphatic carbocycles. The van der Waals surface area contributed by atoms with E-state index >= 15 is 0 Å². The molecular weight excluding hydrogens is 946 g/mol. The molecule has 3 saturated carbocycles. The van der Waals surface area contributed by atoms with Crippen molar-refractivity contribution in [3.8, 4) is 0 Å². The van der Waals surface area contributed by atoms with Gasteiger partial charge in [0.15, 0.2) is 0 Å². The van der Waals surface area contributed by atoms with Crippen LogP contribution in [0.1, 0.15) is 145 Å². The zero-order valence-electron chi connectivity index (χ0n) is 43.3. The second-order valence-electron chi connectivity index (χ2n) is 21.9. The Bertz CT molecular complexity index is 2160. The molecule has 73 heavy (non-hydrogen) atoms. The van der Waals surface area contributed by atoms with E-state index in [0.717, 1.165) is 69.3 Å². The molecule has 2 aromatic heterocycles. The Morgan fingerprint density at radius 2 is 1.67 bits per heavy atom. The van der Waals surface area contributed by atoms with Gasteiger partial charge in [0.1, 0.15) is 0 Å². The van der Waals surface area contributed by atoms with Crippen molar-refractivity contribution in [2.24, 2.45) is 23.2 Å². The van der Waals surface area contributed by atoms with Crippen LogP contribution in [0, 0.1) is 23.2 Å². The number of pyridine rings is 2. The number of nitrogens with one attached hydrogen (secondary N) is 4. The Balaban J connectivity index is 0.737. The number of carbonyl (C=O) groups excluding carboxylic acids is 4. The number of alkyl halides is 3. The number of nitrogens with zero attached hydrogens (tertiary/aromatic N) is 4. The number of hydrogen-bond donors (Lipinski definition) is 4. The van der Waals surface area contributed by atoms with E-state index in [9.17, 15) is 32.3 Å². The summed E-state index contributed by atoms with van der Waals surface area (Å²) >= 11 is 0. The smallest absolute Gasteiger partial charge is 0.379 e. The standard InChI is InChI=1S/C54H79F3N8O8/c1-34(2)53(20-17-40(28-53)61-44-19-25-71-33-46(44)70-4)52(69)65-31-37-27-38(54(55,56)57)30-60-48(37)45(32-65)63-50(67)35-9-11-39(12-10-35)62-47(66)8-6-24-72-41-13-15-42(16-14-41)73-26-22-59-51(68)43-18-23-64(3)49(43)36-7-5-21-58-29-36/h5,7,21,27,29-30,34-35,39-46,49,61H,6,8-20,22-26,28,31-33H2,1-4H3,(H,59,68)(H,62,66)(H,63,67)/t35?,39?,40-,41?,42?,43+,44+,45+,46-,49-,53+/m1/s1. The van der Waals surface area contributed by atoms with Crippen LogP contribution in [0.5, 0.6) is 0 Å². The largest absolute Gasteiger partial charge is 0.417 e. The molecule has 4 N–H and O–H groups in total. The highest BCUT2D eigenvalue weighted by molar-refractivity contribution is 5.84. The quantitative estimate of drug-likeness (QED) is 0.117. The maximum Gasteiger partial charge on any atom is 0.417 e. The topological polar surface area (TPSA) is 186 Å². The molecule has 5 heterocycles. The molecule has 2 aromatic rings. The Kier molecular flexibility index (Phi) is 18.9. The summed E-state index contributed by atoms with van der Waals surface area (Å²) in [6.45, 7) is 7.56. The number of methoxy groups -OCH3 is 1. The molecular formula is C54H79F3N8O8. The molecule has 16 nitrogen and oxygen atoms in total. The van der Waals surface area contributed by atoms with Crippen LogP contribution in [0.3, 0.4) is 0 Å². The molecule has 7 atom stereocenters. The zero-order valence-corrected chi connectivity index (χ0v) is 43.3. The second-order valence-corrected chi connectivity index (χ2v) is 21.9. The minimum absolute atomic E-state index is 0.0217. The summed E-state index contributed by atoms with van der Waals surface area (Å²) in [5.74, 6) is -0.841. The van der Waals surface area contributed by atoms with Gasteiger partial charge in [0, 0.05) is 95.1 Å². The van der Waals surface area contributed by atoms with Crippen molar-refractivity contribution >= 4 is 23.6 Å². The Hall–Kier alpha value is -4.27. The average molecular weight is 1030 g/mol. The molecule has 6 aliphatic rings. The predicted octanol–water partition coefficient (Wildman–Crippen LogP) is 6.19. The number of amides is 4. The molecule has 0 spiro atoms. The molecule has 8 rings (SSSR count). The number of likely N-dealkylation sites (tertiary alicyclic amines) is 1. The highest BCUT2D eigenvalue weighted by Gasteiger charge is 2.51. The fourth-order valence-electron chi connectivity index (χ4n) is 12.6. The SMILES string of the molecule is CO[C@@H]1COCC[C@@H]1N[C@@H]1CC[C@@](C(=O)N2Cc3cc(C(F)(F)F)cnc3[C@@H](NC(=O)C3CCC(NC(=O)CCCOC4CCC(OCCNC(=O)[C@H]5CCN(C)[C@@H]5c5cccnc5)CC4)CC3)C2)(C(C)C)C1. The van der Waals surface area contributed by atoms with Crippen molar-refractivity contribution in [3.63, 3.8) is 0 Å². The first-order valence-corrected chi connectivity index (χ1v) is 27.0. The monoisotopic (exact) mass is 1020 g/mol. The number of halogens is 3. The normalized spacial score (nSPS) is 31.0. The van der Waals surface area contributed by atoms with E-state index in [1.54, 1.807) is 18.2 Å². The summed E-state index contributed by atoms with van der Waals surface area (Å²) in [7, 11) is 3.72. The molecule has 3 aliphatic heterocycles. The van der Waals surface area contributed by atoms with Crippen molar-refractivity contribution in [2.75, 3.05) is 60.2 Å². The Morgan fingerprint density at radius 1 is 0.918 bits per heavy atom. The number of ether oxygens (including phenoxy) is 4. The molecule has 19 heteroatoms. The maximum absolute atomic E-state index is 14.8. The van der Waals surface area contributed by atoms with Gasteiger partial charge >= 0.3 is 6.18 Å². The first kappa shape index (κ1) is 55.0. The van der Waals surface area contributed by atoms with Crippen molar-refractivity contribution in [1.29, 1.82) is 0 Å². The Morgan fingerprint density at radius 3 is 2.37 bits per heavy atom. The van der Waals surface area contributed by atoms with Gasteiger partial charge in [-0.05, 0) is 133 Å². The van der Waals surface area contributed by atoms with Crippen LogP contribution in [0.15, 0.2) is 36.8 Å². The summed E-state index contributed by atoms with van der Waals surface area (Å²) in [4.78, 5) is 67.2. The number of carbonyl (C=O) groups is 4.